The monoisotopic (exact) mass is 363 g/mol. The molecule has 6 nitrogen and oxygen atoms in total. The summed E-state index contributed by atoms with van der Waals surface area (Å²) in [4.78, 5) is 24.4. The number of hydrogen-bond acceptors (Lipinski definition) is 5. The van der Waals surface area contributed by atoms with Crippen molar-refractivity contribution in [2.75, 3.05) is 13.2 Å². The summed E-state index contributed by atoms with van der Waals surface area (Å²) in [5.74, 6) is -0.395. The summed E-state index contributed by atoms with van der Waals surface area (Å²) in [6.07, 6.45) is 0.165. The number of ether oxygens (including phenoxy) is 3. The Morgan fingerprint density at radius 2 is 1.96 bits per heavy atom. The fourth-order valence-electron chi connectivity index (χ4n) is 2.77. The Bertz CT molecular complexity index is 596. The Balaban J connectivity index is 1.98. The molecule has 1 aromatic carbocycles. The third-order valence-corrected chi connectivity index (χ3v) is 4.16. The van der Waals surface area contributed by atoms with E-state index in [2.05, 4.69) is 5.32 Å². The van der Waals surface area contributed by atoms with Gasteiger partial charge in [0.05, 0.1) is 6.61 Å². The summed E-state index contributed by atoms with van der Waals surface area (Å²) in [6.45, 7) is 8.05. The van der Waals surface area contributed by atoms with Gasteiger partial charge in [0.2, 0.25) is 0 Å². The van der Waals surface area contributed by atoms with Gasteiger partial charge < -0.3 is 19.5 Å². The highest BCUT2D eigenvalue weighted by molar-refractivity contribution is 5.81. The molecule has 3 atom stereocenters. The first-order chi connectivity index (χ1) is 12.2. The van der Waals surface area contributed by atoms with Crippen molar-refractivity contribution in [1.82, 2.24) is 5.32 Å². The molecule has 1 aliphatic heterocycles. The lowest BCUT2D eigenvalue weighted by atomic mass is 9.95. The summed E-state index contributed by atoms with van der Waals surface area (Å²) >= 11 is 0. The minimum absolute atomic E-state index is 0.0571. The Morgan fingerprint density at radius 3 is 2.62 bits per heavy atom. The average molecular weight is 363 g/mol. The van der Waals surface area contributed by atoms with Crippen molar-refractivity contribution in [2.45, 2.75) is 58.3 Å². The van der Waals surface area contributed by atoms with Crippen LogP contribution in [0.1, 0.15) is 39.7 Å². The summed E-state index contributed by atoms with van der Waals surface area (Å²) in [7, 11) is 0. The summed E-state index contributed by atoms with van der Waals surface area (Å²) in [5, 5.41) is 2.59. The van der Waals surface area contributed by atoms with E-state index < -0.39 is 23.7 Å². The first-order valence-electron chi connectivity index (χ1n) is 9.06. The standard InChI is InChI=1S/C20H29NO5/c1-14-16(12-15-8-6-5-7-9-15)13-24-11-10-17(18(22)25-14)21-19(23)26-20(2,3)4/h5-9,14,16-17H,10-13H2,1-4H3,(H,21,23)/t14-,16+,17-/m0/s1. The highest BCUT2D eigenvalue weighted by Crippen LogP contribution is 2.19. The van der Waals surface area contributed by atoms with E-state index in [0.29, 0.717) is 19.6 Å². The third-order valence-electron chi connectivity index (χ3n) is 4.16. The van der Waals surface area contributed by atoms with E-state index in [-0.39, 0.29) is 12.0 Å². The number of rotatable bonds is 3. The lowest BCUT2D eigenvalue weighted by Gasteiger charge is -2.25. The van der Waals surface area contributed by atoms with Crippen LogP contribution in [0.25, 0.3) is 0 Å². The van der Waals surface area contributed by atoms with E-state index in [1.165, 1.54) is 5.56 Å². The molecule has 6 heteroatoms. The fraction of sp³-hybridized carbons (Fsp3) is 0.600. The SMILES string of the molecule is C[C@@H]1OC(=O)[C@@H](NC(=O)OC(C)(C)C)CCOC[C@H]1Cc1ccccc1. The van der Waals surface area contributed by atoms with Gasteiger partial charge in [-0.05, 0) is 39.7 Å². The van der Waals surface area contributed by atoms with Gasteiger partial charge in [-0.15, -0.1) is 0 Å². The minimum Gasteiger partial charge on any atom is -0.461 e. The molecule has 1 N–H and O–H groups in total. The van der Waals surface area contributed by atoms with E-state index in [1.807, 2.05) is 37.3 Å². The molecule has 0 spiro atoms. The molecule has 1 amide bonds. The molecule has 0 aromatic heterocycles. The summed E-state index contributed by atoms with van der Waals surface area (Å²) < 4.78 is 16.6. The fourth-order valence-corrected chi connectivity index (χ4v) is 2.77. The maximum Gasteiger partial charge on any atom is 0.408 e. The number of nitrogens with one attached hydrogen (secondary N) is 1. The number of benzene rings is 1. The van der Waals surface area contributed by atoms with E-state index >= 15 is 0 Å². The van der Waals surface area contributed by atoms with E-state index in [0.717, 1.165) is 6.42 Å². The summed E-state index contributed by atoms with van der Waals surface area (Å²) in [5.41, 5.74) is 0.545. The first-order valence-corrected chi connectivity index (χ1v) is 9.06. The topological polar surface area (TPSA) is 73.9 Å². The quantitative estimate of drug-likeness (QED) is 0.836. The molecule has 144 valence electrons. The van der Waals surface area contributed by atoms with Crippen molar-refractivity contribution in [3.05, 3.63) is 35.9 Å². The van der Waals surface area contributed by atoms with Gasteiger partial charge in [-0.3, -0.25) is 0 Å². The van der Waals surface area contributed by atoms with Gasteiger partial charge in [-0.25, -0.2) is 9.59 Å². The van der Waals surface area contributed by atoms with Crippen LogP contribution in [0.3, 0.4) is 0 Å². The zero-order valence-corrected chi connectivity index (χ0v) is 16.0. The van der Waals surface area contributed by atoms with Crippen LogP contribution in [0.2, 0.25) is 0 Å². The van der Waals surface area contributed by atoms with Crippen molar-refractivity contribution in [1.29, 1.82) is 0 Å². The van der Waals surface area contributed by atoms with Gasteiger partial charge in [0.15, 0.2) is 0 Å². The lowest BCUT2D eigenvalue weighted by molar-refractivity contribution is -0.153. The summed E-state index contributed by atoms with van der Waals surface area (Å²) in [6, 6.07) is 9.27. The van der Waals surface area contributed by atoms with Crippen LogP contribution in [0.15, 0.2) is 30.3 Å². The second-order valence-electron chi connectivity index (χ2n) is 7.65. The van der Waals surface area contributed by atoms with E-state index in [9.17, 15) is 9.59 Å². The molecule has 0 aliphatic carbocycles. The Hall–Kier alpha value is -2.08. The van der Waals surface area contributed by atoms with Crippen LogP contribution in [0.4, 0.5) is 4.79 Å². The maximum absolute atomic E-state index is 12.5. The normalized spacial score (nSPS) is 24.6. The molecule has 1 aliphatic rings. The van der Waals surface area contributed by atoms with Crippen LogP contribution < -0.4 is 5.32 Å². The molecule has 2 rings (SSSR count). The zero-order chi connectivity index (χ0) is 19.2. The average Bonchev–Trinajstić information content (AvgIpc) is 2.60. The van der Waals surface area contributed by atoms with Crippen LogP contribution in [0.5, 0.6) is 0 Å². The van der Waals surface area contributed by atoms with Crippen LogP contribution in [-0.4, -0.2) is 43.0 Å². The molecular formula is C20H29NO5. The van der Waals surface area contributed by atoms with Gasteiger partial charge >= 0.3 is 12.1 Å². The number of carbonyl (C=O) groups is 2. The van der Waals surface area contributed by atoms with Crippen LogP contribution in [0, 0.1) is 5.92 Å². The molecule has 0 unspecified atom stereocenters. The molecule has 1 saturated heterocycles. The first kappa shape index (κ1) is 20.2. The van der Waals surface area contributed by atoms with E-state index in [4.69, 9.17) is 14.2 Å². The van der Waals surface area contributed by atoms with Crippen LogP contribution >= 0.6 is 0 Å². The second kappa shape index (κ2) is 9.03. The predicted molar refractivity (Wildman–Crippen MR) is 97.8 cm³/mol. The van der Waals surface area contributed by atoms with Gasteiger partial charge in [0.1, 0.15) is 17.7 Å². The maximum atomic E-state index is 12.5. The Labute approximate surface area is 155 Å². The van der Waals surface area contributed by atoms with Crippen molar-refractivity contribution < 1.29 is 23.8 Å². The van der Waals surface area contributed by atoms with Crippen molar-refractivity contribution >= 4 is 12.1 Å². The number of cyclic esters (lactones) is 1. The molecule has 1 fully saturated rings. The number of carbonyl (C=O) groups excluding carboxylic acids is 2. The molecule has 1 aromatic rings. The molecule has 0 bridgehead atoms. The number of esters is 1. The number of alkyl carbamates (subject to hydrolysis) is 1. The lowest BCUT2D eigenvalue weighted by Crippen LogP contribution is -2.45. The molecule has 0 radical (unpaired) electrons. The van der Waals surface area contributed by atoms with Gasteiger partial charge in [0.25, 0.3) is 0 Å². The molecule has 0 saturated carbocycles. The highest BCUT2D eigenvalue weighted by atomic mass is 16.6. The Kier molecular flexibility index (Phi) is 7.03. The smallest absolute Gasteiger partial charge is 0.408 e. The Morgan fingerprint density at radius 1 is 1.27 bits per heavy atom. The molecule has 26 heavy (non-hydrogen) atoms. The number of hydrogen-bond donors (Lipinski definition) is 1. The van der Waals surface area contributed by atoms with Gasteiger partial charge in [-0.2, -0.15) is 0 Å². The predicted octanol–water partition coefficient (Wildman–Crippen LogP) is 3.09. The zero-order valence-electron chi connectivity index (χ0n) is 16.0. The molecule has 1 heterocycles. The van der Waals surface area contributed by atoms with Gasteiger partial charge in [0, 0.05) is 18.9 Å². The van der Waals surface area contributed by atoms with Crippen molar-refractivity contribution in [2.24, 2.45) is 5.92 Å². The van der Waals surface area contributed by atoms with Crippen LogP contribution in [-0.2, 0) is 25.4 Å². The second-order valence-corrected chi connectivity index (χ2v) is 7.65. The number of amides is 1. The van der Waals surface area contributed by atoms with Crippen molar-refractivity contribution in [3.63, 3.8) is 0 Å². The highest BCUT2D eigenvalue weighted by Gasteiger charge is 2.30. The van der Waals surface area contributed by atoms with E-state index in [1.54, 1.807) is 20.8 Å². The third kappa shape index (κ3) is 6.67. The minimum atomic E-state index is -0.775. The molecular weight excluding hydrogens is 334 g/mol. The van der Waals surface area contributed by atoms with Crippen molar-refractivity contribution in [3.8, 4) is 0 Å². The largest absolute Gasteiger partial charge is 0.461 e. The van der Waals surface area contributed by atoms with Gasteiger partial charge in [-0.1, -0.05) is 30.3 Å².